The van der Waals surface area contributed by atoms with E-state index in [0.717, 1.165) is 6.42 Å². The van der Waals surface area contributed by atoms with Crippen molar-refractivity contribution in [2.24, 2.45) is 5.41 Å². The van der Waals surface area contributed by atoms with Crippen molar-refractivity contribution in [3.63, 3.8) is 0 Å². The molecule has 0 aliphatic heterocycles. The first-order chi connectivity index (χ1) is 12.7. The maximum Gasteiger partial charge on any atom is -1.00 e. The standard InChI is InChI=1S/C12H11.C10H15.4CH3.2ClH.2H2Si.Zr/c1-3-9-7-11-5-2-6-12(11)8-10(9)4-1;1-10(2,3)8-9-6-4-5-7-9;;;;;;;;;/h1,3-4,7-8H,2,5-6H2;4-7H,8H2,1-3H3;4*1H3;2*1H;2*1H2;/p-2. The summed E-state index contributed by atoms with van der Waals surface area (Å²) in [6.45, 7) is 11.9. The zero-order valence-corrected chi connectivity index (χ0v) is 27.5. The van der Waals surface area contributed by atoms with E-state index in [2.05, 4.69) is 95.6 Å². The Morgan fingerprint density at radius 1 is 0.903 bits per heavy atom. The van der Waals surface area contributed by atoms with Gasteiger partial charge in [-0.1, -0.05) is 0 Å². The number of hydrogen-bond donors (Lipinski definition) is 0. The molecule has 0 saturated heterocycles. The molecule has 4 rings (SSSR count). The Labute approximate surface area is 196 Å². The number of hydrogen-bond acceptors (Lipinski definition) is 0. The summed E-state index contributed by atoms with van der Waals surface area (Å²) in [4.78, 5) is 0. The van der Waals surface area contributed by atoms with Crippen LogP contribution in [0.4, 0.5) is 0 Å². The number of aryl methyl sites for hydroxylation is 2. The normalized spacial score (nSPS) is 26.9. The molecule has 31 heavy (non-hydrogen) atoms. The SMILES string of the molecule is CC(C)(C)CC1=C[CH]([Zr]([CH3])([CH3])([CH3])([CH3])(=[SiH2])(=[SiH2])[CH]2C=Cc3cc4c(cc32)CCC4)C=C1.[Cl-].[Cl-]. The number of benzene rings is 1. The van der Waals surface area contributed by atoms with Gasteiger partial charge in [0.25, 0.3) is 0 Å². The van der Waals surface area contributed by atoms with Gasteiger partial charge in [0.2, 0.25) is 0 Å². The van der Waals surface area contributed by atoms with Gasteiger partial charge in [-0.2, -0.15) is 0 Å². The average Bonchev–Trinajstić information content (AvgIpc) is 3.19. The molecule has 1 aromatic carbocycles. The minimum Gasteiger partial charge on any atom is -1.00 e. The maximum absolute atomic E-state index is 4.73. The fourth-order valence-corrected chi connectivity index (χ4v) is 29.0. The van der Waals surface area contributed by atoms with Gasteiger partial charge in [-0.3, -0.25) is 0 Å². The zero-order valence-electron chi connectivity index (χ0n) is 20.7. The predicted molar refractivity (Wildman–Crippen MR) is 136 cm³/mol. The first-order valence-electron chi connectivity index (χ1n) is 11.7. The average molecular weight is 573 g/mol. The van der Waals surface area contributed by atoms with Crippen LogP contribution in [0, 0.1) is 5.41 Å². The molecule has 0 aromatic heterocycles. The van der Waals surface area contributed by atoms with Crippen LogP contribution < -0.4 is 24.8 Å². The molecule has 3 aliphatic carbocycles. The Bertz CT molecular complexity index is 1300. The molecule has 0 N–H and O–H groups in total. The maximum atomic E-state index is 2.74. The monoisotopic (exact) mass is 570 g/mol. The van der Waals surface area contributed by atoms with E-state index in [-0.39, 0.29) is 24.8 Å². The molecule has 2 unspecified atom stereocenters. The molecule has 0 amide bonds. The van der Waals surface area contributed by atoms with E-state index in [1.54, 1.807) is 16.7 Å². The molecular formula is C26H42Cl2Si2Zr-2. The molecule has 5 heteroatoms. The Hall–Kier alpha value is 0.337. The van der Waals surface area contributed by atoms with Crippen molar-refractivity contribution >= 4 is 19.8 Å². The molecule has 0 radical (unpaired) electrons. The summed E-state index contributed by atoms with van der Waals surface area (Å²) < 4.78 is 12.0. The van der Waals surface area contributed by atoms with Crippen LogP contribution in [-0.2, 0) is 24.4 Å². The van der Waals surface area contributed by atoms with E-state index in [9.17, 15) is 0 Å². The molecule has 2 atom stereocenters. The van der Waals surface area contributed by atoms with Crippen LogP contribution in [0.5, 0.6) is 0 Å². The number of fused-ring (bicyclic) bond motifs is 2. The second-order valence-corrected chi connectivity index (χ2v) is 122. The van der Waals surface area contributed by atoms with Gasteiger partial charge in [0.05, 0.1) is 0 Å². The summed E-state index contributed by atoms with van der Waals surface area (Å²) in [5, 5.41) is 0. The smallest absolute Gasteiger partial charge is 1.00 e. The van der Waals surface area contributed by atoms with Crippen molar-refractivity contribution in [2.45, 2.75) is 72.2 Å². The van der Waals surface area contributed by atoms with Crippen molar-refractivity contribution in [3.8, 4) is 0 Å². The number of rotatable bonds is 3. The molecule has 0 fully saturated rings. The van der Waals surface area contributed by atoms with E-state index in [1.807, 2.05) is 0 Å². The quantitative estimate of drug-likeness (QED) is 0.465. The Morgan fingerprint density at radius 2 is 1.48 bits per heavy atom. The molecule has 0 bridgehead atoms. The fraction of sp³-hybridized carbons (Fsp3) is 0.538. The summed E-state index contributed by atoms with van der Waals surface area (Å²) in [6, 6.07) is 5.12. The molecule has 0 nitrogen and oxygen atoms in total. The minimum absolute atomic E-state index is 0. The Balaban J connectivity index is 0.00000171. The zero-order chi connectivity index (χ0) is 21.7. The first-order valence-corrected chi connectivity index (χ1v) is 36.2. The van der Waals surface area contributed by atoms with Gasteiger partial charge < -0.3 is 24.8 Å². The largest absolute Gasteiger partial charge is 1.00 e. The number of halogens is 2. The van der Waals surface area contributed by atoms with Crippen LogP contribution >= 0.6 is 0 Å². The van der Waals surface area contributed by atoms with Gasteiger partial charge in [-0.25, -0.2) is 0 Å². The minimum atomic E-state index is -4.73. The fourth-order valence-electron chi connectivity index (χ4n) is 6.47. The van der Waals surface area contributed by atoms with Crippen LogP contribution in [0.2, 0.25) is 22.2 Å². The van der Waals surface area contributed by atoms with Crippen LogP contribution in [0.15, 0.2) is 42.0 Å². The summed E-state index contributed by atoms with van der Waals surface area (Å²) in [7, 11) is 0. The summed E-state index contributed by atoms with van der Waals surface area (Å²) in [5.74, 6) is 0. The van der Waals surface area contributed by atoms with Gasteiger partial charge >= 0.3 is 173 Å². The van der Waals surface area contributed by atoms with Crippen molar-refractivity contribution in [1.29, 1.82) is 0 Å². The second-order valence-electron chi connectivity index (χ2n) is 17.7. The number of allylic oxidation sites excluding steroid dienone is 5. The van der Waals surface area contributed by atoms with E-state index < -0.39 is 11.6 Å². The van der Waals surface area contributed by atoms with Crippen molar-refractivity contribution in [1.82, 2.24) is 0 Å². The van der Waals surface area contributed by atoms with Crippen molar-refractivity contribution in [3.05, 3.63) is 64.3 Å². The topological polar surface area (TPSA) is 0 Å². The van der Waals surface area contributed by atoms with Crippen LogP contribution in [0.1, 0.15) is 59.5 Å². The van der Waals surface area contributed by atoms with Crippen molar-refractivity contribution < 1.29 is 36.4 Å². The van der Waals surface area contributed by atoms with Crippen LogP contribution in [-0.4, -0.2) is 13.8 Å². The van der Waals surface area contributed by atoms with Crippen LogP contribution in [0.25, 0.3) is 6.08 Å². The molecule has 3 aliphatic rings. The van der Waals surface area contributed by atoms with E-state index >= 15 is 0 Å². The summed E-state index contributed by atoms with van der Waals surface area (Å²) in [5.41, 5.74) is 8.19. The Kier molecular flexibility index (Phi) is 5.28. The third-order valence-electron chi connectivity index (χ3n) is 8.61. The first kappa shape index (κ1) is 27.6. The van der Waals surface area contributed by atoms with E-state index in [4.69, 9.17) is 0 Å². The second kappa shape index (κ2) is 5.93. The van der Waals surface area contributed by atoms with Gasteiger partial charge in [0, 0.05) is 0 Å². The molecule has 1 aromatic rings. The Morgan fingerprint density at radius 3 is 2.06 bits per heavy atom. The van der Waals surface area contributed by atoms with E-state index in [0.29, 0.717) is 12.7 Å². The third-order valence-corrected chi connectivity index (χ3v) is 40.5. The molecule has 0 spiro atoms. The van der Waals surface area contributed by atoms with Gasteiger partial charge in [0.15, 0.2) is 0 Å². The molecular weight excluding hydrogens is 531 g/mol. The molecule has 0 heterocycles. The van der Waals surface area contributed by atoms with Crippen LogP contribution in [0.3, 0.4) is 0 Å². The molecule has 0 saturated carbocycles. The predicted octanol–water partition coefficient (Wildman–Crippen LogP) is 0.557. The van der Waals surface area contributed by atoms with Crippen molar-refractivity contribution in [2.75, 3.05) is 0 Å². The van der Waals surface area contributed by atoms with Gasteiger partial charge in [-0.15, -0.1) is 0 Å². The van der Waals surface area contributed by atoms with Gasteiger partial charge in [-0.05, 0) is 0 Å². The van der Waals surface area contributed by atoms with E-state index in [1.165, 1.54) is 30.4 Å². The third kappa shape index (κ3) is 4.53. The summed E-state index contributed by atoms with van der Waals surface area (Å²) in [6.07, 6.45) is 17.7. The summed E-state index contributed by atoms with van der Waals surface area (Å²) >= 11 is -4.73. The molecule has 174 valence electrons. The van der Waals surface area contributed by atoms with Gasteiger partial charge in [0.1, 0.15) is 0 Å².